The normalized spacial score (nSPS) is 11.5. The monoisotopic (exact) mass is 251 g/mol. The summed E-state index contributed by atoms with van der Waals surface area (Å²) in [6.45, 7) is 1.03. The first-order chi connectivity index (χ1) is 8.74. The summed E-state index contributed by atoms with van der Waals surface area (Å²) in [6.07, 6.45) is 3.45. The molecule has 0 spiro atoms. The predicted molar refractivity (Wildman–Crippen MR) is 66.8 cm³/mol. The number of nitrogens with one attached hydrogen (secondary N) is 2. The van der Waals surface area contributed by atoms with Gasteiger partial charge in [0.2, 0.25) is 0 Å². The van der Waals surface area contributed by atoms with Gasteiger partial charge in [-0.25, -0.2) is 4.98 Å². The van der Waals surface area contributed by atoms with Crippen LogP contribution in [0.25, 0.3) is 11.4 Å². The SMILES string of the molecule is Nc1nc2c(CNCC(CO)CO)cnc-2c[nH]1. The van der Waals surface area contributed by atoms with Gasteiger partial charge in [0.25, 0.3) is 0 Å². The Hall–Kier alpha value is -1.70. The second kappa shape index (κ2) is 5.76. The van der Waals surface area contributed by atoms with Crippen molar-refractivity contribution in [1.29, 1.82) is 0 Å². The van der Waals surface area contributed by atoms with Gasteiger partial charge in [-0.15, -0.1) is 0 Å². The summed E-state index contributed by atoms with van der Waals surface area (Å²) in [7, 11) is 0. The van der Waals surface area contributed by atoms with Crippen molar-refractivity contribution in [3.8, 4) is 11.4 Å². The van der Waals surface area contributed by atoms with E-state index in [9.17, 15) is 0 Å². The largest absolute Gasteiger partial charge is 0.396 e. The molecule has 7 heteroatoms. The third kappa shape index (κ3) is 2.76. The summed E-state index contributed by atoms with van der Waals surface area (Å²) >= 11 is 0. The van der Waals surface area contributed by atoms with E-state index in [2.05, 4.69) is 20.3 Å². The van der Waals surface area contributed by atoms with Gasteiger partial charge in [-0.2, -0.15) is 0 Å². The van der Waals surface area contributed by atoms with Gasteiger partial charge < -0.3 is 26.2 Å². The summed E-state index contributed by atoms with van der Waals surface area (Å²) in [5.41, 5.74) is 8.07. The first-order valence-corrected chi connectivity index (χ1v) is 5.75. The zero-order valence-electron chi connectivity index (χ0n) is 9.93. The number of hydrogen-bond acceptors (Lipinski definition) is 6. The number of nitrogens with two attached hydrogens (primary N) is 1. The lowest BCUT2D eigenvalue weighted by Gasteiger charge is -2.11. The van der Waals surface area contributed by atoms with Crippen molar-refractivity contribution in [2.45, 2.75) is 6.54 Å². The van der Waals surface area contributed by atoms with E-state index < -0.39 is 0 Å². The number of H-pyrrole nitrogens is 1. The van der Waals surface area contributed by atoms with Gasteiger partial charge >= 0.3 is 0 Å². The lowest BCUT2D eigenvalue weighted by atomic mass is 10.1. The molecule has 2 aliphatic rings. The van der Waals surface area contributed by atoms with E-state index in [1.807, 2.05) is 0 Å². The number of nitrogens with zero attached hydrogens (tertiary/aromatic N) is 2. The molecule has 0 amide bonds. The van der Waals surface area contributed by atoms with E-state index in [-0.39, 0.29) is 19.1 Å². The maximum absolute atomic E-state index is 8.95. The van der Waals surface area contributed by atoms with Crippen LogP contribution >= 0.6 is 0 Å². The van der Waals surface area contributed by atoms with Crippen molar-refractivity contribution >= 4 is 5.95 Å². The molecule has 0 aromatic heterocycles. The molecule has 0 aromatic rings. The number of fused-ring (bicyclic) bond motifs is 1. The smallest absolute Gasteiger partial charge is 0.198 e. The minimum atomic E-state index is -0.148. The van der Waals surface area contributed by atoms with Gasteiger partial charge in [0.05, 0.1) is 0 Å². The average molecular weight is 251 g/mol. The maximum atomic E-state index is 8.95. The molecular weight excluding hydrogens is 234 g/mol. The van der Waals surface area contributed by atoms with Crippen molar-refractivity contribution in [3.05, 3.63) is 18.0 Å². The zero-order chi connectivity index (χ0) is 13.0. The van der Waals surface area contributed by atoms with Crippen LogP contribution in [0.5, 0.6) is 0 Å². The highest BCUT2D eigenvalue weighted by atomic mass is 16.3. The zero-order valence-corrected chi connectivity index (χ0v) is 9.93. The fraction of sp³-hybridized carbons (Fsp3) is 0.455. The quantitative estimate of drug-likeness (QED) is 0.457. The number of rotatable bonds is 6. The average Bonchev–Trinajstić information content (AvgIpc) is 2.77. The van der Waals surface area contributed by atoms with E-state index in [1.165, 1.54) is 0 Å². The molecule has 7 nitrogen and oxygen atoms in total. The van der Waals surface area contributed by atoms with E-state index in [4.69, 9.17) is 15.9 Å². The molecule has 0 aliphatic carbocycles. The molecule has 0 bridgehead atoms. The fourth-order valence-corrected chi connectivity index (χ4v) is 1.69. The maximum Gasteiger partial charge on any atom is 0.198 e. The van der Waals surface area contributed by atoms with E-state index in [0.29, 0.717) is 19.0 Å². The molecule has 98 valence electrons. The Kier molecular flexibility index (Phi) is 4.08. The molecule has 0 aromatic carbocycles. The number of aliphatic hydroxyl groups excluding tert-OH is 2. The molecule has 18 heavy (non-hydrogen) atoms. The summed E-state index contributed by atoms with van der Waals surface area (Å²) in [5.74, 6) is 0.200. The van der Waals surface area contributed by atoms with E-state index >= 15 is 0 Å². The van der Waals surface area contributed by atoms with Crippen LogP contribution in [0.3, 0.4) is 0 Å². The molecule has 0 saturated heterocycles. The van der Waals surface area contributed by atoms with Crippen LogP contribution in [-0.4, -0.2) is 44.9 Å². The second-order valence-electron chi connectivity index (χ2n) is 4.17. The van der Waals surface area contributed by atoms with Crippen LogP contribution < -0.4 is 11.1 Å². The highest BCUT2D eigenvalue weighted by Gasteiger charge is 2.13. The number of anilines is 1. The standard InChI is InChI=1S/C11H17N5O2/c12-11-15-4-9-10(16-11)8(3-14-9)2-13-1-7(5-17)6-18/h3-4,7,13,17-18H,1-2,5-6H2,(H3,12,15,16). The summed E-state index contributed by atoms with van der Waals surface area (Å²) in [4.78, 5) is 11.2. The Labute approximate surface area is 104 Å². The molecule has 0 saturated carbocycles. The first-order valence-electron chi connectivity index (χ1n) is 5.75. The Morgan fingerprint density at radius 2 is 2.17 bits per heavy atom. The van der Waals surface area contributed by atoms with Gasteiger partial charge in [0.15, 0.2) is 5.95 Å². The highest BCUT2D eigenvalue weighted by Crippen LogP contribution is 2.22. The molecule has 0 radical (unpaired) electrons. The topological polar surface area (TPSA) is 120 Å². The lowest BCUT2D eigenvalue weighted by molar-refractivity contribution is 0.148. The van der Waals surface area contributed by atoms with Crippen LogP contribution in [0.2, 0.25) is 0 Å². The third-order valence-corrected chi connectivity index (χ3v) is 2.76. The summed E-state index contributed by atoms with van der Waals surface area (Å²) in [6, 6.07) is 0. The highest BCUT2D eigenvalue weighted by molar-refractivity contribution is 5.61. The van der Waals surface area contributed by atoms with Crippen molar-refractivity contribution in [2.24, 2.45) is 5.92 Å². The van der Waals surface area contributed by atoms with E-state index in [1.54, 1.807) is 12.4 Å². The van der Waals surface area contributed by atoms with Crippen molar-refractivity contribution < 1.29 is 10.2 Å². The number of hydrogen-bond donors (Lipinski definition) is 5. The van der Waals surface area contributed by atoms with Crippen molar-refractivity contribution in [2.75, 3.05) is 25.5 Å². The van der Waals surface area contributed by atoms with Crippen LogP contribution in [0, 0.1) is 5.92 Å². The molecule has 6 N–H and O–H groups in total. The van der Waals surface area contributed by atoms with Crippen molar-refractivity contribution in [3.63, 3.8) is 0 Å². The van der Waals surface area contributed by atoms with Crippen molar-refractivity contribution in [1.82, 2.24) is 20.3 Å². The van der Waals surface area contributed by atoms with E-state index in [0.717, 1.165) is 17.0 Å². The summed E-state index contributed by atoms with van der Waals surface area (Å²) in [5, 5.41) is 21.0. The predicted octanol–water partition coefficient (Wildman–Crippen LogP) is -0.818. The minimum Gasteiger partial charge on any atom is -0.396 e. The molecule has 0 fully saturated rings. The summed E-state index contributed by atoms with van der Waals surface area (Å²) < 4.78 is 0. The van der Waals surface area contributed by atoms with Crippen LogP contribution in [-0.2, 0) is 6.54 Å². The van der Waals surface area contributed by atoms with Crippen LogP contribution in [0.1, 0.15) is 5.56 Å². The molecule has 0 unspecified atom stereocenters. The fourth-order valence-electron chi connectivity index (χ4n) is 1.69. The van der Waals surface area contributed by atoms with Gasteiger partial charge in [-0.1, -0.05) is 0 Å². The number of nitrogen functional groups attached to an aromatic ring is 1. The Morgan fingerprint density at radius 1 is 1.39 bits per heavy atom. The number of aliphatic hydroxyl groups is 2. The minimum absolute atomic E-state index is 0.0380. The Morgan fingerprint density at radius 3 is 2.89 bits per heavy atom. The van der Waals surface area contributed by atoms with Crippen LogP contribution in [0.15, 0.2) is 12.4 Å². The third-order valence-electron chi connectivity index (χ3n) is 2.76. The van der Waals surface area contributed by atoms with Gasteiger partial charge in [-0.05, 0) is 0 Å². The lowest BCUT2D eigenvalue weighted by Crippen LogP contribution is -2.27. The van der Waals surface area contributed by atoms with Gasteiger partial charge in [0.1, 0.15) is 11.4 Å². The van der Waals surface area contributed by atoms with Crippen LogP contribution in [0.4, 0.5) is 5.95 Å². The molecule has 2 heterocycles. The first kappa shape index (κ1) is 12.7. The second-order valence-corrected chi connectivity index (χ2v) is 4.17. The molecule has 0 atom stereocenters. The number of aromatic amines is 1. The number of aromatic nitrogens is 3. The Bertz CT molecular complexity index is 469. The molecular formula is C11H17N5O2. The van der Waals surface area contributed by atoms with Gasteiger partial charge in [-0.3, -0.25) is 4.98 Å². The van der Waals surface area contributed by atoms with Gasteiger partial charge in [0, 0.05) is 50.2 Å². The Balaban J connectivity index is 1.98. The molecule has 2 aliphatic heterocycles. The molecule has 2 rings (SSSR count).